The molecule has 0 radical (unpaired) electrons. The number of para-hydroxylation sites is 1. The fourth-order valence-corrected chi connectivity index (χ4v) is 4.52. The zero-order valence-corrected chi connectivity index (χ0v) is 19.7. The molecule has 2 N–H and O–H groups in total. The highest BCUT2D eigenvalue weighted by Crippen LogP contribution is 2.31. The fraction of sp³-hybridized carbons (Fsp3) is 0.240. The minimum absolute atomic E-state index is 0.102. The number of halogens is 2. The van der Waals surface area contributed by atoms with E-state index in [1.807, 2.05) is 18.2 Å². The second-order valence-corrected chi connectivity index (χ2v) is 9.17. The number of hydrogen-bond donors (Lipinski definition) is 2. The van der Waals surface area contributed by atoms with Crippen LogP contribution >= 0.6 is 11.3 Å². The van der Waals surface area contributed by atoms with E-state index in [1.165, 1.54) is 11.3 Å². The van der Waals surface area contributed by atoms with E-state index < -0.39 is 43.3 Å². The topological polar surface area (TPSA) is 115 Å². The number of likely N-dealkylation sites (tertiary alicyclic amines) is 1. The summed E-state index contributed by atoms with van der Waals surface area (Å²) < 4.78 is 27.1. The standard InChI is InChI=1S/C25H21F2N5O3S/c26-25(27)11-19(12-28)32(15-25)22(33)13-29-24(35)20-14-36-21(31-20)10-16-6-8-17(9-7-16)23(34)30-18-4-2-1-3-5-18/h1-9,14,19H,10-11,13,15H2,(H,29,35)(H,30,34)/t19-/m0/s1. The van der Waals surface area contributed by atoms with Crippen LogP contribution in [0.3, 0.4) is 0 Å². The minimum atomic E-state index is -3.12. The number of alkyl halides is 2. The molecular formula is C25H21F2N5O3S. The number of anilines is 1. The molecule has 0 unspecified atom stereocenters. The van der Waals surface area contributed by atoms with Crippen LogP contribution in [-0.4, -0.2) is 52.7 Å². The van der Waals surface area contributed by atoms with Crippen molar-refractivity contribution >= 4 is 34.7 Å². The van der Waals surface area contributed by atoms with Gasteiger partial charge in [0.1, 0.15) is 11.7 Å². The molecule has 2 aromatic carbocycles. The Morgan fingerprint density at radius 3 is 2.53 bits per heavy atom. The molecular weight excluding hydrogens is 488 g/mol. The molecule has 0 saturated carbocycles. The van der Waals surface area contributed by atoms with E-state index in [2.05, 4.69) is 15.6 Å². The van der Waals surface area contributed by atoms with Crippen molar-refractivity contribution < 1.29 is 23.2 Å². The molecule has 0 aliphatic carbocycles. The summed E-state index contributed by atoms with van der Waals surface area (Å²) in [7, 11) is 0. The van der Waals surface area contributed by atoms with Gasteiger partial charge >= 0.3 is 0 Å². The Bertz CT molecular complexity index is 1310. The first-order chi connectivity index (χ1) is 17.2. The van der Waals surface area contributed by atoms with Crippen molar-refractivity contribution in [2.75, 3.05) is 18.4 Å². The number of hydrogen-bond acceptors (Lipinski definition) is 6. The summed E-state index contributed by atoms with van der Waals surface area (Å²) in [4.78, 5) is 42.1. The zero-order valence-electron chi connectivity index (χ0n) is 18.9. The summed E-state index contributed by atoms with van der Waals surface area (Å²) >= 11 is 1.26. The maximum atomic E-state index is 13.5. The van der Waals surface area contributed by atoms with E-state index in [-0.39, 0.29) is 11.6 Å². The molecule has 1 saturated heterocycles. The van der Waals surface area contributed by atoms with Crippen LogP contribution in [0.4, 0.5) is 14.5 Å². The monoisotopic (exact) mass is 509 g/mol. The molecule has 2 heterocycles. The number of benzene rings is 2. The van der Waals surface area contributed by atoms with Crippen LogP contribution in [-0.2, 0) is 11.2 Å². The molecule has 11 heteroatoms. The van der Waals surface area contributed by atoms with Crippen LogP contribution < -0.4 is 10.6 Å². The lowest BCUT2D eigenvalue weighted by atomic mass is 10.1. The first-order valence-corrected chi connectivity index (χ1v) is 11.9. The molecule has 1 aliphatic rings. The largest absolute Gasteiger partial charge is 0.342 e. The van der Waals surface area contributed by atoms with Gasteiger partial charge in [-0.05, 0) is 29.8 Å². The summed E-state index contributed by atoms with van der Waals surface area (Å²) in [5, 5.41) is 16.4. The van der Waals surface area contributed by atoms with E-state index in [4.69, 9.17) is 5.26 Å². The Hall–Kier alpha value is -4.17. The highest BCUT2D eigenvalue weighted by molar-refractivity contribution is 7.09. The number of rotatable bonds is 7. The first-order valence-electron chi connectivity index (χ1n) is 11.0. The lowest BCUT2D eigenvalue weighted by Crippen LogP contribution is -2.43. The third-order valence-electron chi connectivity index (χ3n) is 5.53. The maximum absolute atomic E-state index is 13.5. The summed E-state index contributed by atoms with van der Waals surface area (Å²) in [5.74, 6) is -4.71. The number of nitrogens with one attached hydrogen (secondary N) is 2. The van der Waals surface area contributed by atoms with Gasteiger partial charge in [-0.2, -0.15) is 5.26 Å². The molecule has 1 aliphatic heterocycles. The van der Waals surface area contributed by atoms with Crippen molar-refractivity contribution in [3.63, 3.8) is 0 Å². The molecule has 4 rings (SSSR count). The van der Waals surface area contributed by atoms with Crippen molar-refractivity contribution in [3.05, 3.63) is 81.8 Å². The fourth-order valence-electron chi connectivity index (χ4n) is 3.71. The molecule has 3 amide bonds. The molecule has 0 bridgehead atoms. The lowest BCUT2D eigenvalue weighted by Gasteiger charge is -2.19. The van der Waals surface area contributed by atoms with Gasteiger partial charge < -0.3 is 15.5 Å². The van der Waals surface area contributed by atoms with Crippen LogP contribution in [0.5, 0.6) is 0 Å². The van der Waals surface area contributed by atoms with Crippen molar-refractivity contribution in [1.82, 2.24) is 15.2 Å². The summed E-state index contributed by atoms with van der Waals surface area (Å²) in [6.45, 7) is -1.35. The zero-order chi connectivity index (χ0) is 25.7. The van der Waals surface area contributed by atoms with Gasteiger partial charge in [0.25, 0.3) is 17.7 Å². The number of nitrogens with zero attached hydrogens (tertiary/aromatic N) is 3. The summed E-state index contributed by atoms with van der Waals surface area (Å²) in [6, 6.07) is 16.6. The van der Waals surface area contributed by atoms with E-state index in [0.717, 1.165) is 10.5 Å². The first kappa shape index (κ1) is 24.9. The molecule has 3 aromatic rings. The number of amides is 3. The maximum Gasteiger partial charge on any atom is 0.271 e. The Balaban J connectivity index is 1.29. The second-order valence-electron chi connectivity index (χ2n) is 8.23. The third kappa shape index (κ3) is 6.09. The highest BCUT2D eigenvalue weighted by Gasteiger charge is 2.47. The predicted octanol–water partition coefficient (Wildman–Crippen LogP) is 3.48. The quantitative estimate of drug-likeness (QED) is 0.506. The van der Waals surface area contributed by atoms with Gasteiger partial charge in [0, 0.05) is 29.5 Å². The molecule has 1 fully saturated rings. The van der Waals surface area contributed by atoms with Crippen LogP contribution in [0.15, 0.2) is 60.0 Å². The minimum Gasteiger partial charge on any atom is -0.342 e. The molecule has 8 nitrogen and oxygen atoms in total. The van der Waals surface area contributed by atoms with Gasteiger partial charge in [-0.15, -0.1) is 11.3 Å². The average Bonchev–Trinajstić information content (AvgIpc) is 3.46. The highest BCUT2D eigenvalue weighted by atomic mass is 32.1. The number of carbonyl (C=O) groups excluding carboxylic acids is 3. The molecule has 184 valence electrons. The Labute approximate surface area is 209 Å². The van der Waals surface area contributed by atoms with E-state index >= 15 is 0 Å². The predicted molar refractivity (Wildman–Crippen MR) is 129 cm³/mol. The van der Waals surface area contributed by atoms with Gasteiger partial charge in [-0.3, -0.25) is 14.4 Å². The summed E-state index contributed by atoms with van der Waals surface area (Å²) in [6.07, 6.45) is -0.276. The average molecular weight is 510 g/mol. The van der Waals surface area contributed by atoms with Gasteiger partial charge in [-0.25, -0.2) is 13.8 Å². The van der Waals surface area contributed by atoms with Crippen LogP contribution in [0, 0.1) is 11.3 Å². The van der Waals surface area contributed by atoms with Crippen molar-refractivity contribution in [1.29, 1.82) is 5.26 Å². The van der Waals surface area contributed by atoms with E-state index in [1.54, 1.807) is 47.8 Å². The van der Waals surface area contributed by atoms with Crippen LogP contribution in [0.25, 0.3) is 0 Å². The normalized spacial score (nSPS) is 16.2. The van der Waals surface area contributed by atoms with E-state index in [0.29, 0.717) is 22.7 Å². The van der Waals surface area contributed by atoms with Gasteiger partial charge in [0.05, 0.1) is 24.2 Å². The van der Waals surface area contributed by atoms with Crippen LogP contribution in [0.1, 0.15) is 37.8 Å². The number of aromatic nitrogens is 1. The Morgan fingerprint density at radius 1 is 1.11 bits per heavy atom. The third-order valence-corrected chi connectivity index (χ3v) is 6.38. The van der Waals surface area contributed by atoms with Crippen LogP contribution in [0.2, 0.25) is 0 Å². The number of thiazole rings is 1. The van der Waals surface area contributed by atoms with Crippen molar-refractivity contribution in [2.45, 2.75) is 24.8 Å². The van der Waals surface area contributed by atoms with Gasteiger partial charge in [0.15, 0.2) is 0 Å². The molecule has 1 aromatic heterocycles. The molecule has 0 spiro atoms. The number of nitriles is 1. The van der Waals surface area contributed by atoms with Crippen molar-refractivity contribution in [2.24, 2.45) is 0 Å². The smallest absolute Gasteiger partial charge is 0.271 e. The second kappa shape index (κ2) is 10.6. The Kier molecular flexibility index (Phi) is 7.36. The summed E-state index contributed by atoms with van der Waals surface area (Å²) in [5.41, 5.74) is 2.19. The SMILES string of the molecule is N#C[C@@H]1CC(F)(F)CN1C(=O)CNC(=O)c1csc(Cc2ccc(C(=O)Nc3ccccc3)cc2)n1. The lowest BCUT2D eigenvalue weighted by molar-refractivity contribution is -0.131. The van der Waals surface area contributed by atoms with Crippen molar-refractivity contribution in [3.8, 4) is 6.07 Å². The molecule has 1 atom stereocenters. The van der Waals surface area contributed by atoms with E-state index in [9.17, 15) is 23.2 Å². The Morgan fingerprint density at radius 2 is 1.83 bits per heavy atom. The van der Waals surface area contributed by atoms with Gasteiger partial charge in [0.2, 0.25) is 5.91 Å². The number of carbonyl (C=O) groups is 3. The molecule has 36 heavy (non-hydrogen) atoms. The van der Waals surface area contributed by atoms with Gasteiger partial charge in [-0.1, -0.05) is 30.3 Å².